The fourth-order valence-electron chi connectivity index (χ4n) is 3.93. The highest BCUT2D eigenvalue weighted by molar-refractivity contribution is 6.02. The number of rotatable bonds is 0. The van der Waals surface area contributed by atoms with E-state index >= 15 is 0 Å². The number of fused-ring (bicyclic) bond motifs is 3. The lowest BCUT2D eigenvalue weighted by Gasteiger charge is -2.36. The van der Waals surface area contributed by atoms with Crippen molar-refractivity contribution in [3.63, 3.8) is 0 Å². The normalized spacial score (nSPS) is 17.5. The molecule has 0 aromatic heterocycles. The molecule has 0 bridgehead atoms. The zero-order chi connectivity index (χ0) is 17.2. The number of allylic oxidation sites excluding steroid dienone is 2. The Kier molecular flexibility index (Phi) is 2.82. The summed E-state index contributed by atoms with van der Waals surface area (Å²) in [6.45, 7) is 6.88. The van der Waals surface area contributed by atoms with Crippen LogP contribution >= 0.6 is 0 Å². The molecule has 2 aromatic carbocycles. The van der Waals surface area contributed by atoms with Crippen LogP contribution in [0.25, 0.3) is 17.3 Å². The molecule has 1 aliphatic carbocycles. The van der Waals surface area contributed by atoms with Crippen LogP contribution in [-0.4, -0.2) is 10.8 Å². The zero-order valence-electron chi connectivity index (χ0n) is 14.9. The van der Waals surface area contributed by atoms with Gasteiger partial charge in [0.05, 0.1) is 0 Å². The molecule has 3 aliphatic rings. The Morgan fingerprint density at radius 2 is 1.64 bits per heavy atom. The van der Waals surface area contributed by atoms with Gasteiger partial charge in [0.1, 0.15) is 12.4 Å². The SMILES string of the molecule is CC(C)(C)C1=CC2=c3ccccc3=C[N+]3=Cc4ccccc4C(=C1)[C-]23. The van der Waals surface area contributed by atoms with Gasteiger partial charge in [0.25, 0.3) is 0 Å². The predicted molar refractivity (Wildman–Crippen MR) is 104 cm³/mol. The molecule has 0 saturated heterocycles. The Morgan fingerprint density at radius 3 is 2.48 bits per heavy atom. The number of hydrogen-bond donors (Lipinski definition) is 0. The van der Waals surface area contributed by atoms with Crippen LogP contribution < -0.4 is 10.4 Å². The number of hydrogen-bond acceptors (Lipinski definition) is 0. The molecule has 1 heteroatoms. The Morgan fingerprint density at radius 1 is 0.880 bits per heavy atom. The number of nitrogens with zero attached hydrogens (tertiary/aromatic N) is 1. The maximum atomic E-state index is 2.39. The monoisotopic (exact) mass is 323 g/mol. The minimum atomic E-state index is 0.114. The first kappa shape index (κ1) is 14.5. The molecule has 122 valence electrons. The van der Waals surface area contributed by atoms with E-state index in [1.54, 1.807) is 0 Å². The first-order valence-corrected chi connectivity index (χ1v) is 8.88. The summed E-state index contributed by atoms with van der Waals surface area (Å²) in [5.41, 5.74) is 6.78. The molecule has 5 rings (SSSR count). The smallest absolute Gasteiger partial charge is 0.160 e. The average molecular weight is 323 g/mol. The third-order valence-electron chi connectivity index (χ3n) is 5.29. The summed E-state index contributed by atoms with van der Waals surface area (Å²) in [5.74, 6) is 0. The average Bonchev–Trinajstić information content (AvgIpc) is 2.61. The van der Waals surface area contributed by atoms with Gasteiger partial charge in [-0.2, -0.15) is 0 Å². The van der Waals surface area contributed by atoms with E-state index in [2.05, 4.69) is 98.4 Å². The van der Waals surface area contributed by atoms with E-state index in [0.29, 0.717) is 0 Å². The van der Waals surface area contributed by atoms with E-state index in [1.165, 1.54) is 44.3 Å². The van der Waals surface area contributed by atoms with Crippen molar-refractivity contribution in [2.45, 2.75) is 20.8 Å². The first-order chi connectivity index (χ1) is 12.0. The van der Waals surface area contributed by atoms with Crippen LogP contribution in [-0.2, 0) is 0 Å². The van der Waals surface area contributed by atoms with Crippen LogP contribution in [0.2, 0.25) is 0 Å². The van der Waals surface area contributed by atoms with Crippen LogP contribution in [0.3, 0.4) is 0 Å². The lowest BCUT2D eigenvalue weighted by Crippen LogP contribution is -2.40. The topological polar surface area (TPSA) is 3.01 Å². The summed E-state index contributed by atoms with van der Waals surface area (Å²) < 4.78 is 2.31. The van der Waals surface area contributed by atoms with Gasteiger partial charge in [-0.1, -0.05) is 97.8 Å². The highest BCUT2D eigenvalue weighted by Crippen LogP contribution is 2.45. The molecule has 0 N–H and O–H groups in total. The molecule has 0 unspecified atom stereocenters. The fraction of sp³-hybridized carbons (Fsp3) is 0.167. The molecular weight excluding hydrogens is 302 g/mol. The third kappa shape index (κ3) is 2.09. The van der Waals surface area contributed by atoms with Gasteiger partial charge in [0.15, 0.2) is 6.04 Å². The minimum absolute atomic E-state index is 0.114. The molecule has 2 aromatic rings. The molecule has 0 spiro atoms. The summed E-state index contributed by atoms with van der Waals surface area (Å²) in [5, 5.41) is 2.61. The van der Waals surface area contributed by atoms with Crippen LogP contribution in [0.4, 0.5) is 0 Å². The Bertz CT molecular complexity index is 1120. The van der Waals surface area contributed by atoms with Crippen molar-refractivity contribution in [2.24, 2.45) is 5.41 Å². The zero-order valence-corrected chi connectivity index (χ0v) is 14.9. The molecule has 0 atom stereocenters. The molecule has 2 heterocycles. The van der Waals surface area contributed by atoms with Crippen LogP contribution in [0, 0.1) is 11.5 Å². The van der Waals surface area contributed by atoms with Crippen molar-refractivity contribution in [3.8, 4) is 0 Å². The summed E-state index contributed by atoms with van der Waals surface area (Å²) >= 11 is 0. The Balaban J connectivity index is 1.93. The Labute approximate surface area is 148 Å². The quantitative estimate of drug-likeness (QED) is 0.514. The standard InChI is InChI=1S/C24H21N/c1-24(2,3)18-12-21-19-10-6-4-8-16(19)14-25-15-17-9-5-7-11-20(17)22(13-18)23(21)25/h4-15H,1-3H3. The maximum Gasteiger partial charge on any atom is 0.160 e. The second kappa shape index (κ2) is 4.86. The fourth-order valence-corrected chi connectivity index (χ4v) is 3.93. The minimum Gasteiger partial charge on any atom is -0.236 e. The largest absolute Gasteiger partial charge is 0.236 e. The maximum absolute atomic E-state index is 2.39. The molecule has 1 nitrogen and oxygen atoms in total. The predicted octanol–water partition coefficient (Wildman–Crippen LogP) is 3.64. The van der Waals surface area contributed by atoms with Crippen molar-refractivity contribution in [1.82, 2.24) is 0 Å². The van der Waals surface area contributed by atoms with Gasteiger partial charge in [-0.15, -0.1) is 0 Å². The molecule has 0 amide bonds. The van der Waals surface area contributed by atoms with Crippen molar-refractivity contribution in [1.29, 1.82) is 0 Å². The highest BCUT2D eigenvalue weighted by Gasteiger charge is 2.35. The molecular formula is C24H21N. The molecule has 25 heavy (non-hydrogen) atoms. The third-order valence-corrected chi connectivity index (χ3v) is 5.29. The number of benzene rings is 2. The van der Waals surface area contributed by atoms with Gasteiger partial charge in [-0.25, -0.2) is 4.58 Å². The summed E-state index contributed by atoms with van der Waals surface area (Å²) in [6.07, 6.45) is 9.29. The van der Waals surface area contributed by atoms with E-state index in [0.717, 1.165) is 0 Å². The Hall–Kier alpha value is -2.80. The van der Waals surface area contributed by atoms with Gasteiger partial charge in [0.2, 0.25) is 0 Å². The van der Waals surface area contributed by atoms with Gasteiger partial charge in [-0.05, 0) is 27.3 Å². The second-order valence-corrected chi connectivity index (χ2v) is 8.01. The van der Waals surface area contributed by atoms with Gasteiger partial charge >= 0.3 is 0 Å². The lowest BCUT2D eigenvalue weighted by atomic mass is 9.74. The van der Waals surface area contributed by atoms with Gasteiger partial charge < -0.3 is 0 Å². The van der Waals surface area contributed by atoms with E-state index in [-0.39, 0.29) is 5.41 Å². The van der Waals surface area contributed by atoms with Gasteiger partial charge in [0, 0.05) is 0 Å². The van der Waals surface area contributed by atoms with Crippen molar-refractivity contribution in [3.05, 3.63) is 93.9 Å². The second-order valence-electron chi connectivity index (χ2n) is 8.01. The van der Waals surface area contributed by atoms with E-state index in [4.69, 9.17) is 0 Å². The van der Waals surface area contributed by atoms with Crippen LogP contribution in [0.15, 0.2) is 66.3 Å². The van der Waals surface area contributed by atoms with Crippen LogP contribution in [0.1, 0.15) is 31.9 Å². The van der Waals surface area contributed by atoms with E-state index in [1.807, 2.05) is 0 Å². The first-order valence-electron chi connectivity index (χ1n) is 8.88. The summed E-state index contributed by atoms with van der Waals surface area (Å²) in [7, 11) is 0. The van der Waals surface area contributed by atoms with Crippen molar-refractivity contribution >= 4 is 23.6 Å². The van der Waals surface area contributed by atoms with E-state index < -0.39 is 0 Å². The summed E-state index contributed by atoms with van der Waals surface area (Å²) in [4.78, 5) is 0. The van der Waals surface area contributed by atoms with Crippen molar-refractivity contribution < 1.29 is 4.58 Å². The molecule has 2 aliphatic heterocycles. The molecule has 0 fully saturated rings. The summed E-state index contributed by atoms with van der Waals surface area (Å²) in [6, 6.07) is 18.7. The highest BCUT2D eigenvalue weighted by atomic mass is 15.0. The molecule has 0 saturated carbocycles. The molecule has 0 radical (unpaired) electrons. The van der Waals surface area contributed by atoms with Crippen LogP contribution in [0.5, 0.6) is 0 Å². The van der Waals surface area contributed by atoms with E-state index in [9.17, 15) is 0 Å². The lowest BCUT2D eigenvalue weighted by molar-refractivity contribution is -0.378. The van der Waals surface area contributed by atoms with Gasteiger partial charge in [-0.3, -0.25) is 0 Å². The van der Waals surface area contributed by atoms with Crippen molar-refractivity contribution in [2.75, 3.05) is 0 Å².